The monoisotopic (exact) mass is 149 g/mol. The first-order valence-corrected chi connectivity index (χ1v) is 3.25. The average molecular weight is 149 g/mol. The van der Waals surface area contributed by atoms with Crippen molar-refractivity contribution in [3.05, 3.63) is 18.3 Å². The summed E-state index contributed by atoms with van der Waals surface area (Å²) >= 11 is 0. The maximum absolute atomic E-state index is 5.35. The van der Waals surface area contributed by atoms with E-state index in [1.165, 1.54) is 0 Å². The lowest BCUT2D eigenvalue weighted by atomic mass is 10.5. The minimum absolute atomic E-state index is 0.350. The summed E-state index contributed by atoms with van der Waals surface area (Å²) in [6.07, 6.45) is 3.26. The lowest BCUT2D eigenvalue weighted by molar-refractivity contribution is 0.922. The molecule has 2 heterocycles. The fourth-order valence-corrected chi connectivity index (χ4v) is 0.870. The largest absolute Gasteiger partial charge is 0.342 e. The number of hydrogen-bond acceptors (Lipinski definition) is 4. The molecule has 11 heavy (non-hydrogen) atoms. The summed E-state index contributed by atoms with van der Waals surface area (Å²) in [5, 5.41) is 0. The van der Waals surface area contributed by atoms with E-state index < -0.39 is 0 Å². The van der Waals surface area contributed by atoms with Crippen LogP contribution in [-0.2, 0) is 6.54 Å². The summed E-state index contributed by atoms with van der Waals surface area (Å²) in [4.78, 5) is 14.9. The van der Waals surface area contributed by atoms with Crippen molar-refractivity contribution in [1.82, 2.24) is 19.9 Å². The van der Waals surface area contributed by atoms with Crippen molar-refractivity contribution in [3.63, 3.8) is 0 Å². The van der Waals surface area contributed by atoms with Gasteiger partial charge in [-0.3, -0.25) is 0 Å². The Morgan fingerprint density at radius 2 is 2.36 bits per heavy atom. The Kier molecular flexibility index (Phi) is 1.29. The van der Waals surface area contributed by atoms with Crippen molar-refractivity contribution in [1.29, 1.82) is 0 Å². The number of imidazole rings is 1. The van der Waals surface area contributed by atoms with Crippen molar-refractivity contribution in [2.24, 2.45) is 5.73 Å². The van der Waals surface area contributed by atoms with E-state index >= 15 is 0 Å². The third-order valence-electron chi connectivity index (χ3n) is 1.41. The summed E-state index contributed by atoms with van der Waals surface area (Å²) in [7, 11) is 0. The SMILES string of the molecule is NCc1ncc2[nH]cnc2n1. The molecule has 0 spiro atoms. The van der Waals surface area contributed by atoms with Crippen LogP contribution in [0.1, 0.15) is 5.82 Å². The number of nitrogens with one attached hydrogen (secondary N) is 1. The van der Waals surface area contributed by atoms with E-state index in [0.717, 1.165) is 5.52 Å². The van der Waals surface area contributed by atoms with Gasteiger partial charge in [-0.05, 0) is 0 Å². The van der Waals surface area contributed by atoms with Crippen molar-refractivity contribution < 1.29 is 0 Å². The molecule has 0 aromatic carbocycles. The molecule has 5 nitrogen and oxygen atoms in total. The number of nitrogens with zero attached hydrogens (tertiary/aromatic N) is 3. The molecule has 5 heteroatoms. The van der Waals surface area contributed by atoms with Gasteiger partial charge in [-0.2, -0.15) is 0 Å². The second-order valence-electron chi connectivity index (χ2n) is 2.13. The second kappa shape index (κ2) is 2.28. The Morgan fingerprint density at radius 1 is 1.45 bits per heavy atom. The lowest BCUT2D eigenvalue weighted by Gasteiger charge is -1.91. The Bertz CT molecular complexity index is 366. The number of aromatic amines is 1. The zero-order chi connectivity index (χ0) is 7.68. The molecule has 0 saturated carbocycles. The second-order valence-corrected chi connectivity index (χ2v) is 2.13. The van der Waals surface area contributed by atoms with Crippen molar-refractivity contribution in [2.45, 2.75) is 6.54 Å². The van der Waals surface area contributed by atoms with Crippen molar-refractivity contribution >= 4 is 11.2 Å². The van der Waals surface area contributed by atoms with Gasteiger partial charge in [-0.1, -0.05) is 0 Å². The maximum Gasteiger partial charge on any atom is 0.180 e. The van der Waals surface area contributed by atoms with Crippen LogP contribution in [0.5, 0.6) is 0 Å². The summed E-state index contributed by atoms with van der Waals surface area (Å²) in [6.45, 7) is 0.350. The molecule has 0 aliphatic carbocycles. The van der Waals surface area contributed by atoms with E-state index in [2.05, 4.69) is 19.9 Å². The van der Waals surface area contributed by atoms with Crippen LogP contribution in [0.3, 0.4) is 0 Å². The smallest absolute Gasteiger partial charge is 0.180 e. The van der Waals surface area contributed by atoms with Gasteiger partial charge in [0, 0.05) is 0 Å². The molecule has 0 aliphatic heterocycles. The molecule has 0 saturated heterocycles. The average Bonchev–Trinajstić information content (AvgIpc) is 2.50. The molecule has 3 N–H and O–H groups in total. The summed E-state index contributed by atoms with van der Waals surface area (Å²) < 4.78 is 0. The van der Waals surface area contributed by atoms with Gasteiger partial charge in [0.05, 0.1) is 19.1 Å². The van der Waals surface area contributed by atoms with Gasteiger partial charge in [0.15, 0.2) is 5.65 Å². The lowest BCUT2D eigenvalue weighted by Crippen LogP contribution is -2.02. The Labute approximate surface area is 62.7 Å². The third-order valence-corrected chi connectivity index (χ3v) is 1.41. The van der Waals surface area contributed by atoms with E-state index in [4.69, 9.17) is 5.73 Å². The predicted octanol–water partition coefficient (Wildman–Crippen LogP) is -0.188. The predicted molar refractivity (Wildman–Crippen MR) is 39.6 cm³/mol. The zero-order valence-corrected chi connectivity index (χ0v) is 5.78. The molecule has 0 amide bonds. The Hall–Kier alpha value is -1.49. The fraction of sp³-hybridized carbons (Fsp3) is 0.167. The van der Waals surface area contributed by atoms with Crippen LogP contribution in [0, 0.1) is 0 Å². The van der Waals surface area contributed by atoms with E-state index in [-0.39, 0.29) is 0 Å². The van der Waals surface area contributed by atoms with Crippen LogP contribution >= 0.6 is 0 Å². The molecule has 56 valence electrons. The third kappa shape index (κ3) is 0.947. The number of H-pyrrole nitrogens is 1. The highest BCUT2D eigenvalue weighted by Crippen LogP contribution is 2.02. The molecule has 0 radical (unpaired) electrons. The van der Waals surface area contributed by atoms with Gasteiger partial charge >= 0.3 is 0 Å². The maximum atomic E-state index is 5.35. The van der Waals surface area contributed by atoms with Gasteiger partial charge in [0.25, 0.3) is 0 Å². The quantitative estimate of drug-likeness (QED) is 0.589. The summed E-state index contributed by atoms with van der Waals surface area (Å²) in [5.74, 6) is 0.615. The Balaban J connectivity index is 2.67. The number of hydrogen-bond donors (Lipinski definition) is 2. The van der Waals surface area contributed by atoms with Gasteiger partial charge in [-0.15, -0.1) is 0 Å². The van der Waals surface area contributed by atoms with Gasteiger partial charge in [0.2, 0.25) is 0 Å². The van der Waals surface area contributed by atoms with Crippen LogP contribution in [-0.4, -0.2) is 19.9 Å². The minimum atomic E-state index is 0.350. The van der Waals surface area contributed by atoms with Crippen molar-refractivity contribution in [2.75, 3.05) is 0 Å². The first kappa shape index (κ1) is 6.23. The normalized spacial score (nSPS) is 10.6. The Morgan fingerprint density at radius 3 is 3.18 bits per heavy atom. The minimum Gasteiger partial charge on any atom is -0.342 e. The molecule has 2 rings (SSSR count). The van der Waals surface area contributed by atoms with Crippen LogP contribution < -0.4 is 5.73 Å². The molecule has 0 atom stereocenters. The highest BCUT2D eigenvalue weighted by Gasteiger charge is 1.98. The van der Waals surface area contributed by atoms with E-state index in [0.29, 0.717) is 18.0 Å². The van der Waals surface area contributed by atoms with E-state index in [9.17, 15) is 0 Å². The first-order chi connectivity index (χ1) is 5.40. The molecule has 2 aromatic heterocycles. The van der Waals surface area contributed by atoms with Gasteiger partial charge in [-0.25, -0.2) is 15.0 Å². The molecule has 0 unspecified atom stereocenters. The van der Waals surface area contributed by atoms with Crippen LogP contribution in [0.15, 0.2) is 12.5 Å². The number of aromatic nitrogens is 4. The topological polar surface area (TPSA) is 80.5 Å². The highest BCUT2D eigenvalue weighted by molar-refractivity contribution is 5.67. The molecular formula is C6H7N5. The number of nitrogens with two attached hydrogens (primary N) is 1. The molecule has 0 fully saturated rings. The van der Waals surface area contributed by atoms with Crippen LogP contribution in [0.25, 0.3) is 11.2 Å². The summed E-state index contributed by atoms with van der Waals surface area (Å²) in [6, 6.07) is 0. The molecule has 0 bridgehead atoms. The van der Waals surface area contributed by atoms with Crippen LogP contribution in [0.2, 0.25) is 0 Å². The molecule has 0 aliphatic rings. The number of fused-ring (bicyclic) bond motifs is 1. The van der Waals surface area contributed by atoms with E-state index in [1.807, 2.05) is 0 Å². The van der Waals surface area contributed by atoms with Gasteiger partial charge in [0.1, 0.15) is 11.3 Å². The van der Waals surface area contributed by atoms with Gasteiger partial charge < -0.3 is 10.7 Å². The number of rotatable bonds is 1. The highest BCUT2D eigenvalue weighted by atomic mass is 15.0. The molecular weight excluding hydrogens is 142 g/mol. The standard InChI is InChI=1S/C6H7N5/c7-1-5-8-2-4-6(11-5)10-3-9-4/h2-3H,1,7H2,(H,8,9,10,11). The van der Waals surface area contributed by atoms with E-state index in [1.54, 1.807) is 12.5 Å². The summed E-state index contributed by atoms with van der Waals surface area (Å²) in [5.41, 5.74) is 6.85. The van der Waals surface area contributed by atoms with Crippen molar-refractivity contribution in [3.8, 4) is 0 Å². The fourth-order valence-electron chi connectivity index (χ4n) is 0.870. The van der Waals surface area contributed by atoms with Crippen LogP contribution in [0.4, 0.5) is 0 Å². The first-order valence-electron chi connectivity index (χ1n) is 3.25. The zero-order valence-electron chi connectivity index (χ0n) is 5.78. The molecule has 2 aromatic rings.